The van der Waals surface area contributed by atoms with Crippen LogP contribution in [0.4, 0.5) is 24.5 Å². The zero-order chi connectivity index (χ0) is 18.7. The Labute approximate surface area is 147 Å². The van der Waals surface area contributed by atoms with Crippen LogP contribution in [0.2, 0.25) is 0 Å². The largest absolute Gasteiger partial charge is 0.457 e. The maximum absolute atomic E-state index is 13.6. The van der Waals surface area contributed by atoms with Crippen LogP contribution in [-0.2, 0) is 6.18 Å². The third-order valence-corrected chi connectivity index (χ3v) is 3.49. The fraction of sp³-hybridized carbons (Fsp3) is 0.0526. The summed E-state index contributed by atoms with van der Waals surface area (Å²) in [6.45, 7) is 0. The van der Waals surface area contributed by atoms with E-state index in [1.165, 1.54) is 66.7 Å². The minimum atomic E-state index is -4.67. The van der Waals surface area contributed by atoms with Gasteiger partial charge >= 0.3 is 6.18 Å². The standard InChI is InChI=1S/C19H15F3N2O2/c20-19(21,22)18-16(25-14-8-4-12(23)5-9-14)2-1-3-17(18)26-15-10-6-13(24)7-11-15/h1-11H,23-24H2. The van der Waals surface area contributed by atoms with Crippen LogP contribution >= 0.6 is 0 Å². The van der Waals surface area contributed by atoms with E-state index in [2.05, 4.69) is 0 Å². The number of benzene rings is 3. The van der Waals surface area contributed by atoms with Crippen molar-refractivity contribution in [3.63, 3.8) is 0 Å². The van der Waals surface area contributed by atoms with Gasteiger partial charge in [-0.3, -0.25) is 0 Å². The van der Waals surface area contributed by atoms with E-state index in [1.807, 2.05) is 0 Å². The lowest BCUT2D eigenvalue weighted by Crippen LogP contribution is -2.09. The van der Waals surface area contributed by atoms with Crippen molar-refractivity contribution in [1.82, 2.24) is 0 Å². The van der Waals surface area contributed by atoms with Crippen LogP contribution in [0, 0.1) is 0 Å². The first-order valence-electron chi connectivity index (χ1n) is 7.60. The van der Waals surface area contributed by atoms with Gasteiger partial charge in [0.1, 0.15) is 28.6 Å². The zero-order valence-electron chi connectivity index (χ0n) is 13.5. The molecule has 0 saturated carbocycles. The van der Waals surface area contributed by atoms with Crippen LogP contribution in [0.5, 0.6) is 23.0 Å². The van der Waals surface area contributed by atoms with Crippen LogP contribution in [0.25, 0.3) is 0 Å². The summed E-state index contributed by atoms with van der Waals surface area (Å²) < 4.78 is 51.8. The summed E-state index contributed by atoms with van der Waals surface area (Å²) in [4.78, 5) is 0. The Morgan fingerprint density at radius 1 is 0.615 bits per heavy atom. The van der Waals surface area contributed by atoms with E-state index in [0.29, 0.717) is 11.4 Å². The highest BCUT2D eigenvalue weighted by Gasteiger charge is 2.38. The first-order chi connectivity index (χ1) is 12.3. The average Bonchev–Trinajstić information content (AvgIpc) is 2.58. The molecule has 26 heavy (non-hydrogen) atoms. The van der Waals surface area contributed by atoms with Gasteiger partial charge in [0.05, 0.1) is 0 Å². The summed E-state index contributed by atoms with van der Waals surface area (Å²) in [6, 6.07) is 16.0. The van der Waals surface area contributed by atoms with Crippen molar-refractivity contribution in [1.29, 1.82) is 0 Å². The quantitative estimate of drug-likeness (QED) is 0.607. The Bertz CT molecular complexity index is 826. The third kappa shape index (κ3) is 4.00. The van der Waals surface area contributed by atoms with Crippen LogP contribution < -0.4 is 20.9 Å². The first kappa shape index (κ1) is 17.5. The normalized spacial score (nSPS) is 11.2. The molecule has 0 unspecified atom stereocenters. The highest BCUT2D eigenvalue weighted by Crippen LogP contribution is 2.45. The Morgan fingerprint density at radius 3 is 1.35 bits per heavy atom. The number of nitrogen functional groups attached to an aromatic ring is 2. The molecule has 0 aliphatic carbocycles. The molecule has 0 bridgehead atoms. The highest BCUT2D eigenvalue weighted by molar-refractivity contribution is 5.52. The highest BCUT2D eigenvalue weighted by atomic mass is 19.4. The van der Waals surface area contributed by atoms with Gasteiger partial charge in [-0.25, -0.2) is 0 Å². The molecule has 134 valence electrons. The van der Waals surface area contributed by atoms with Gasteiger partial charge in [-0.2, -0.15) is 13.2 Å². The van der Waals surface area contributed by atoms with Crippen molar-refractivity contribution in [2.45, 2.75) is 6.18 Å². The molecule has 4 nitrogen and oxygen atoms in total. The van der Waals surface area contributed by atoms with Gasteiger partial charge in [0.2, 0.25) is 0 Å². The van der Waals surface area contributed by atoms with Gasteiger partial charge in [0, 0.05) is 11.4 Å². The van der Waals surface area contributed by atoms with Gasteiger partial charge in [0.25, 0.3) is 0 Å². The van der Waals surface area contributed by atoms with Crippen molar-refractivity contribution >= 4 is 11.4 Å². The van der Waals surface area contributed by atoms with Crippen molar-refractivity contribution in [3.05, 3.63) is 72.3 Å². The second kappa shape index (κ2) is 6.87. The van der Waals surface area contributed by atoms with Crippen molar-refractivity contribution in [2.75, 3.05) is 11.5 Å². The number of rotatable bonds is 4. The maximum Gasteiger partial charge on any atom is 0.423 e. The molecule has 0 aromatic heterocycles. The zero-order valence-corrected chi connectivity index (χ0v) is 13.5. The molecule has 7 heteroatoms. The fourth-order valence-corrected chi connectivity index (χ4v) is 2.29. The molecule has 3 rings (SSSR count). The van der Waals surface area contributed by atoms with E-state index < -0.39 is 11.7 Å². The summed E-state index contributed by atoms with van der Waals surface area (Å²) in [5, 5.41) is 0. The van der Waals surface area contributed by atoms with E-state index in [9.17, 15) is 13.2 Å². The van der Waals surface area contributed by atoms with E-state index in [4.69, 9.17) is 20.9 Å². The number of hydrogen-bond donors (Lipinski definition) is 2. The van der Waals surface area contributed by atoms with Crippen LogP contribution in [-0.4, -0.2) is 0 Å². The molecule has 3 aromatic carbocycles. The number of alkyl halides is 3. The topological polar surface area (TPSA) is 70.5 Å². The fourth-order valence-electron chi connectivity index (χ4n) is 2.29. The molecule has 0 saturated heterocycles. The van der Waals surface area contributed by atoms with Crippen LogP contribution in [0.1, 0.15) is 5.56 Å². The minimum Gasteiger partial charge on any atom is -0.457 e. The van der Waals surface area contributed by atoms with E-state index in [1.54, 1.807) is 0 Å². The molecule has 4 N–H and O–H groups in total. The Morgan fingerprint density at radius 2 is 1.00 bits per heavy atom. The predicted octanol–water partition coefficient (Wildman–Crippen LogP) is 5.45. The molecule has 0 aliphatic rings. The maximum atomic E-state index is 13.6. The monoisotopic (exact) mass is 360 g/mol. The molecule has 0 fully saturated rings. The lowest BCUT2D eigenvalue weighted by atomic mass is 10.1. The van der Waals surface area contributed by atoms with Gasteiger partial charge < -0.3 is 20.9 Å². The smallest absolute Gasteiger partial charge is 0.423 e. The van der Waals surface area contributed by atoms with Crippen molar-refractivity contribution in [2.24, 2.45) is 0 Å². The van der Waals surface area contributed by atoms with Crippen molar-refractivity contribution < 1.29 is 22.6 Å². The third-order valence-electron chi connectivity index (χ3n) is 3.49. The van der Waals surface area contributed by atoms with Gasteiger partial charge in [-0.1, -0.05) is 6.07 Å². The van der Waals surface area contributed by atoms with E-state index >= 15 is 0 Å². The average molecular weight is 360 g/mol. The molecule has 0 heterocycles. The lowest BCUT2D eigenvalue weighted by Gasteiger charge is -2.18. The van der Waals surface area contributed by atoms with E-state index in [0.717, 1.165) is 0 Å². The minimum absolute atomic E-state index is 0.231. The predicted molar refractivity (Wildman–Crippen MR) is 93.3 cm³/mol. The van der Waals surface area contributed by atoms with Gasteiger partial charge in [-0.15, -0.1) is 0 Å². The Hall–Kier alpha value is -3.35. The number of anilines is 2. The van der Waals surface area contributed by atoms with Crippen LogP contribution in [0.15, 0.2) is 66.7 Å². The molecule has 0 radical (unpaired) electrons. The molecule has 3 aromatic rings. The van der Waals surface area contributed by atoms with Crippen molar-refractivity contribution in [3.8, 4) is 23.0 Å². The summed E-state index contributed by atoms with van der Waals surface area (Å²) >= 11 is 0. The number of halogens is 3. The SMILES string of the molecule is Nc1ccc(Oc2cccc(Oc3ccc(N)cc3)c2C(F)(F)F)cc1. The lowest BCUT2D eigenvalue weighted by molar-refractivity contribution is -0.139. The molecule has 0 amide bonds. The molecular weight excluding hydrogens is 345 g/mol. The van der Waals surface area contributed by atoms with E-state index in [-0.39, 0.29) is 23.0 Å². The van der Waals surface area contributed by atoms with Gasteiger partial charge in [0.15, 0.2) is 0 Å². The summed E-state index contributed by atoms with van der Waals surface area (Å²) in [5.74, 6) is -0.269. The molecule has 0 spiro atoms. The second-order valence-corrected chi connectivity index (χ2v) is 5.47. The molecular formula is C19H15F3N2O2. The molecule has 0 atom stereocenters. The summed E-state index contributed by atoms with van der Waals surface area (Å²) in [7, 11) is 0. The number of ether oxygens (including phenoxy) is 2. The first-order valence-corrected chi connectivity index (χ1v) is 7.60. The second-order valence-electron chi connectivity index (χ2n) is 5.47. The van der Waals surface area contributed by atoms with Crippen LogP contribution in [0.3, 0.4) is 0 Å². The Kier molecular flexibility index (Phi) is 4.62. The molecule has 0 aliphatic heterocycles. The number of hydrogen-bond acceptors (Lipinski definition) is 4. The summed E-state index contributed by atoms with van der Waals surface area (Å²) in [6.07, 6.45) is -4.67. The number of nitrogens with two attached hydrogens (primary N) is 2. The Balaban J connectivity index is 1.99. The summed E-state index contributed by atoms with van der Waals surface area (Å²) in [5.41, 5.74) is 11.1. The van der Waals surface area contributed by atoms with Gasteiger partial charge in [-0.05, 0) is 60.7 Å².